The maximum absolute atomic E-state index is 13.3. The summed E-state index contributed by atoms with van der Waals surface area (Å²) in [6, 6.07) is 14.3. The topological polar surface area (TPSA) is 12.0 Å². The van der Waals surface area contributed by atoms with Crippen LogP contribution in [0, 0.1) is 25.6 Å². The quantitative estimate of drug-likeness (QED) is 0.823. The van der Waals surface area contributed by atoms with Crippen molar-refractivity contribution in [3.63, 3.8) is 0 Å². The van der Waals surface area contributed by atoms with Crippen LogP contribution in [0.2, 0.25) is 0 Å². The average Bonchev–Trinajstić information content (AvgIpc) is 3.26. The lowest BCUT2D eigenvalue weighted by molar-refractivity contribution is 0.618. The number of aryl methyl sites for hydroxylation is 2. The second kappa shape index (κ2) is 5.28. The van der Waals surface area contributed by atoms with Gasteiger partial charge in [0.2, 0.25) is 0 Å². The molecule has 1 aliphatic rings. The van der Waals surface area contributed by atoms with Gasteiger partial charge in [0, 0.05) is 5.69 Å². The molecule has 2 heteroatoms. The Morgan fingerprint density at radius 1 is 1.05 bits per heavy atom. The van der Waals surface area contributed by atoms with Crippen molar-refractivity contribution in [3.05, 3.63) is 65.0 Å². The normalized spacial score (nSPS) is 15.9. The molecule has 2 aromatic rings. The van der Waals surface area contributed by atoms with Crippen LogP contribution in [0.5, 0.6) is 0 Å². The summed E-state index contributed by atoms with van der Waals surface area (Å²) in [5.74, 6) is 0.553. The van der Waals surface area contributed by atoms with E-state index < -0.39 is 0 Å². The predicted octanol–water partition coefficient (Wildman–Crippen LogP) is 5.01. The summed E-state index contributed by atoms with van der Waals surface area (Å²) in [5.41, 5.74) is 4.29. The van der Waals surface area contributed by atoms with Crippen LogP contribution in [0.25, 0.3) is 0 Å². The summed E-state index contributed by atoms with van der Waals surface area (Å²) >= 11 is 0. The Bertz CT molecular complexity index is 599. The fourth-order valence-electron chi connectivity index (χ4n) is 2.59. The highest BCUT2D eigenvalue weighted by Crippen LogP contribution is 2.43. The number of rotatable bonds is 4. The molecule has 0 radical (unpaired) electrons. The predicted molar refractivity (Wildman–Crippen MR) is 81.4 cm³/mol. The molecule has 104 valence electrons. The van der Waals surface area contributed by atoms with E-state index in [0.29, 0.717) is 17.5 Å². The molecule has 3 rings (SSSR count). The van der Waals surface area contributed by atoms with E-state index in [0.717, 1.165) is 5.69 Å². The van der Waals surface area contributed by atoms with Crippen LogP contribution in [0.3, 0.4) is 0 Å². The molecule has 0 heterocycles. The highest BCUT2D eigenvalue weighted by Gasteiger charge is 2.32. The van der Waals surface area contributed by atoms with Crippen molar-refractivity contribution < 1.29 is 4.39 Å². The first kappa shape index (κ1) is 13.2. The molecule has 0 aliphatic heterocycles. The molecular weight excluding hydrogens is 249 g/mol. The van der Waals surface area contributed by atoms with Crippen molar-refractivity contribution in [1.29, 1.82) is 0 Å². The minimum Gasteiger partial charge on any atom is -0.378 e. The van der Waals surface area contributed by atoms with Gasteiger partial charge in [-0.05, 0) is 61.9 Å². The van der Waals surface area contributed by atoms with Gasteiger partial charge in [0.1, 0.15) is 5.82 Å². The first-order valence-electron chi connectivity index (χ1n) is 7.23. The summed E-state index contributed by atoms with van der Waals surface area (Å²) in [7, 11) is 0. The maximum atomic E-state index is 13.3. The monoisotopic (exact) mass is 269 g/mol. The third kappa shape index (κ3) is 2.84. The maximum Gasteiger partial charge on any atom is 0.126 e. The largest absolute Gasteiger partial charge is 0.378 e. The summed E-state index contributed by atoms with van der Waals surface area (Å²) in [6.45, 7) is 3.91. The zero-order valence-corrected chi connectivity index (χ0v) is 12.0. The zero-order chi connectivity index (χ0) is 14.1. The third-order valence-electron chi connectivity index (χ3n) is 4.01. The number of hydrogen-bond donors (Lipinski definition) is 1. The Balaban J connectivity index is 1.84. The first-order valence-corrected chi connectivity index (χ1v) is 7.23. The van der Waals surface area contributed by atoms with Gasteiger partial charge in [-0.25, -0.2) is 4.39 Å². The minimum atomic E-state index is -0.145. The molecule has 0 saturated heterocycles. The van der Waals surface area contributed by atoms with Gasteiger partial charge in [-0.1, -0.05) is 29.8 Å². The molecule has 1 N–H and O–H groups in total. The van der Waals surface area contributed by atoms with E-state index in [-0.39, 0.29) is 5.82 Å². The summed E-state index contributed by atoms with van der Waals surface area (Å²) < 4.78 is 13.3. The number of anilines is 1. The van der Waals surface area contributed by atoms with Crippen LogP contribution in [0.1, 0.15) is 35.6 Å². The second-order valence-corrected chi connectivity index (χ2v) is 5.83. The molecule has 20 heavy (non-hydrogen) atoms. The molecule has 0 bridgehead atoms. The van der Waals surface area contributed by atoms with Crippen molar-refractivity contribution in [1.82, 2.24) is 0 Å². The molecule has 0 amide bonds. The molecule has 0 spiro atoms. The van der Waals surface area contributed by atoms with Crippen molar-refractivity contribution in [2.45, 2.75) is 32.7 Å². The number of hydrogen-bond acceptors (Lipinski definition) is 1. The summed E-state index contributed by atoms with van der Waals surface area (Å²) in [6.07, 6.45) is 2.54. The Kier molecular flexibility index (Phi) is 3.47. The van der Waals surface area contributed by atoms with Crippen LogP contribution < -0.4 is 5.32 Å². The van der Waals surface area contributed by atoms with Gasteiger partial charge in [-0.2, -0.15) is 0 Å². The van der Waals surface area contributed by atoms with Gasteiger partial charge in [0.05, 0.1) is 6.04 Å². The lowest BCUT2D eigenvalue weighted by Gasteiger charge is -2.20. The van der Waals surface area contributed by atoms with E-state index >= 15 is 0 Å². The third-order valence-corrected chi connectivity index (χ3v) is 4.01. The summed E-state index contributed by atoms with van der Waals surface area (Å²) in [4.78, 5) is 0. The number of halogens is 1. The zero-order valence-electron chi connectivity index (χ0n) is 12.0. The molecule has 2 aromatic carbocycles. The van der Waals surface area contributed by atoms with E-state index in [4.69, 9.17) is 0 Å². The average molecular weight is 269 g/mol. The molecule has 1 atom stereocenters. The Morgan fingerprint density at radius 3 is 2.35 bits per heavy atom. The van der Waals surface area contributed by atoms with Crippen LogP contribution >= 0.6 is 0 Å². The molecule has 1 saturated carbocycles. The molecule has 1 aliphatic carbocycles. The molecule has 1 nitrogen and oxygen atoms in total. The van der Waals surface area contributed by atoms with Gasteiger partial charge in [0.15, 0.2) is 0 Å². The fourth-order valence-corrected chi connectivity index (χ4v) is 2.59. The highest BCUT2D eigenvalue weighted by atomic mass is 19.1. The molecule has 1 fully saturated rings. The van der Waals surface area contributed by atoms with Gasteiger partial charge >= 0.3 is 0 Å². The number of benzene rings is 2. The van der Waals surface area contributed by atoms with Gasteiger partial charge in [-0.15, -0.1) is 0 Å². The number of nitrogens with one attached hydrogen (secondary N) is 1. The van der Waals surface area contributed by atoms with Crippen molar-refractivity contribution in [3.8, 4) is 0 Å². The van der Waals surface area contributed by atoms with Crippen LogP contribution in [0.4, 0.5) is 10.1 Å². The van der Waals surface area contributed by atoms with Crippen LogP contribution in [-0.2, 0) is 0 Å². The molecule has 0 aromatic heterocycles. The highest BCUT2D eigenvalue weighted by molar-refractivity contribution is 5.48. The van der Waals surface area contributed by atoms with Crippen LogP contribution in [0.15, 0.2) is 42.5 Å². The van der Waals surface area contributed by atoms with Crippen LogP contribution in [-0.4, -0.2) is 0 Å². The molecule has 1 unspecified atom stereocenters. The van der Waals surface area contributed by atoms with Gasteiger partial charge in [0.25, 0.3) is 0 Å². The minimum absolute atomic E-state index is 0.145. The van der Waals surface area contributed by atoms with E-state index in [1.165, 1.54) is 30.0 Å². The first-order chi connectivity index (χ1) is 9.63. The van der Waals surface area contributed by atoms with Crippen molar-refractivity contribution in [2.24, 2.45) is 5.92 Å². The van der Waals surface area contributed by atoms with E-state index in [9.17, 15) is 4.39 Å². The lowest BCUT2D eigenvalue weighted by Crippen LogP contribution is -2.13. The fraction of sp³-hybridized carbons (Fsp3) is 0.333. The smallest absolute Gasteiger partial charge is 0.126 e. The lowest BCUT2D eigenvalue weighted by atomic mass is 10.0. The standard InChI is InChI=1S/C18H20FN/c1-12-3-5-14(6-4-12)18(15-7-8-15)20-16-9-10-17(19)13(2)11-16/h3-6,9-11,15,18,20H,7-8H2,1-2H3. The SMILES string of the molecule is Cc1ccc(C(Nc2ccc(F)c(C)c2)C2CC2)cc1. The molecular formula is C18H20FN. The Hall–Kier alpha value is -1.83. The van der Waals surface area contributed by atoms with Gasteiger partial charge < -0.3 is 5.32 Å². The Morgan fingerprint density at radius 2 is 1.75 bits per heavy atom. The van der Waals surface area contributed by atoms with E-state index in [1.54, 1.807) is 6.92 Å². The van der Waals surface area contributed by atoms with Crippen molar-refractivity contribution in [2.75, 3.05) is 5.32 Å². The van der Waals surface area contributed by atoms with E-state index in [2.05, 4.69) is 36.5 Å². The Labute approximate surface area is 119 Å². The second-order valence-electron chi connectivity index (χ2n) is 5.83. The van der Waals surface area contributed by atoms with E-state index in [1.807, 2.05) is 12.1 Å². The van der Waals surface area contributed by atoms with Gasteiger partial charge in [-0.3, -0.25) is 0 Å². The summed E-state index contributed by atoms with van der Waals surface area (Å²) in [5, 5.41) is 3.58. The van der Waals surface area contributed by atoms with Crippen molar-refractivity contribution >= 4 is 5.69 Å².